The highest BCUT2D eigenvalue weighted by molar-refractivity contribution is 6.86. The second-order valence-electron chi connectivity index (χ2n) is 9.01. The maximum absolute atomic E-state index is 11.0. The van der Waals surface area contributed by atoms with Crippen molar-refractivity contribution < 1.29 is 32.0 Å². The van der Waals surface area contributed by atoms with Crippen LogP contribution in [0.2, 0.25) is 58.4 Å². The molecule has 2 atom stereocenters. The fourth-order valence-corrected chi connectivity index (χ4v) is 16.9. The minimum Gasteiger partial charge on any atom is -0.460 e. The van der Waals surface area contributed by atoms with Gasteiger partial charge in [0.05, 0.1) is 15.4 Å². The van der Waals surface area contributed by atoms with Gasteiger partial charge in [0.25, 0.3) is 0 Å². The van der Waals surface area contributed by atoms with Crippen molar-refractivity contribution in [3.63, 3.8) is 0 Å². The number of hydrogen-bond acceptors (Lipinski definition) is 7. The summed E-state index contributed by atoms with van der Waals surface area (Å²) >= 11 is 0. The van der Waals surface area contributed by atoms with Crippen molar-refractivity contribution in [2.24, 2.45) is 0 Å². The molecule has 0 saturated carbocycles. The first-order chi connectivity index (χ1) is 13.2. The van der Waals surface area contributed by atoms with Gasteiger partial charge in [0.1, 0.15) is 12.7 Å². The number of rotatable bonds is 16. The molecule has 0 aliphatic rings. The molecule has 2 unspecified atom stereocenters. The van der Waals surface area contributed by atoms with Gasteiger partial charge in [-0.15, -0.1) is 0 Å². The summed E-state index contributed by atoms with van der Waals surface area (Å²) in [6.07, 6.45) is 1.77. The smallest absolute Gasteiger partial charge is 0.330 e. The van der Waals surface area contributed by atoms with Crippen LogP contribution in [-0.4, -0.2) is 77.5 Å². The van der Waals surface area contributed by atoms with Gasteiger partial charge in [-0.1, -0.05) is 19.7 Å². The molecule has 0 aromatic carbocycles. The van der Waals surface area contributed by atoms with Crippen LogP contribution in [0, 0.1) is 0 Å². The lowest BCUT2D eigenvalue weighted by Gasteiger charge is -2.39. The third-order valence-corrected chi connectivity index (χ3v) is 14.5. The predicted molar refractivity (Wildman–Crippen MR) is 125 cm³/mol. The molecule has 7 nitrogen and oxygen atoms in total. The molecule has 0 bridgehead atoms. The number of ether oxygens (including phenoxy) is 2. The quantitative estimate of drug-likeness (QED) is 0.156. The van der Waals surface area contributed by atoms with Crippen molar-refractivity contribution in [1.29, 1.82) is 0 Å². The van der Waals surface area contributed by atoms with Crippen LogP contribution in [-0.2, 0) is 26.9 Å². The van der Waals surface area contributed by atoms with Gasteiger partial charge in [0, 0.05) is 18.9 Å². The first kappa shape index (κ1) is 28.9. The van der Waals surface area contributed by atoms with Gasteiger partial charge < -0.3 is 27.2 Å². The Morgan fingerprint density at radius 2 is 1.72 bits per heavy atom. The fourth-order valence-electron chi connectivity index (χ4n) is 2.64. The molecule has 0 spiro atoms. The van der Waals surface area contributed by atoms with Crippen molar-refractivity contribution in [1.82, 2.24) is 0 Å². The Hall–Kier alpha value is -0.122. The average Bonchev–Trinajstić information content (AvgIpc) is 2.55. The minimum atomic E-state index is -2.42. The number of carbonyl (C=O) groups excluding carboxylic acids is 1. The molecule has 0 aliphatic carbocycles. The average molecular weight is 482 g/mol. The zero-order valence-electron chi connectivity index (χ0n) is 19.5. The summed E-state index contributed by atoms with van der Waals surface area (Å²) in [5.74, 6) is -0.556. The highest BCUT2D eigenvalue weighted by Gasteiger charge is 2.42. The van der Waals surface area contributed by atoms with Gasteiger partial charge in [-0.3, -0.25) is 0 Å². The van der Waals surface area contributed by atoms with E-state index in [0.717, 1.165) is 24.8 Å². The largest absolute Gasteiger partial charge is 0.460 e. The van der Waals surface area contributed by atoms with E-state index in [1.54, 1.807) is 0 Å². The summed E-state index contributed by atoms with van der Waals surface area (Å²) in [6.45, 7) is 21.1. The second-order valence-corrected chi connectivity index (χ2v) is 23.4. The van der Waals surface area contributed by atoms with Crippen molar-refractivity contribution in [2.45, 2.75) is 70.9 Å². The van der Waals surface area contributed by atoms with E-state index >= 15 is 0 Å². The van der Waals surface area contributed by atoms with Crippen LogP contribution in [0.15, 0.2) is 12.7 Å². The molecule has 0 saturated heterocycles. The predicted octanol–water partition coefficient (Wildman–Crippen LogP) is 3.44. The standard InChI is InChI=1S/C18H41O7Si4/c1-10-18(20)22-15-17(19)14-21-12-11-13-29(9,24-27(4,5)6)25-28(7,8)23-16-26(2)3/h10,17,19H,1,11-16H2,2-9H3. The normalized spacial score (nSPS) is 15.8. The van der Waals surface area contributed by atoms with Crippen LogP contribution in [0.3, 0.4) is 0 Å². The second kappa shape index (κ2) is 13.3. The molecule has 171 valence electrons. The number of aliphatic hydroxyl groups excluding tert-OH is 1. The minimum absolute atomic E-state index is 0.103. The Morgan fingerprint density at radius 3 is 2.24 bits per heavy atom. The van der Waals surface area contributed by atoms with E-state index in [1.165, 1.54) is 0 Å². The van der Waals surface area contributed by atoms with Gasteiger partial charge in [-0.2, -0.15) is 0 Å². The molecular formula is C18H41O7Si4. The van der Waals surface area contributed by atoms with Crippen LogP contribution in [0.5, 0.6) is 0 Å². The molecular weight excluding hydrogens is 441 g/mol. The van der Waals surface area contributed by atoms with Crippen molar-refractivity contribution >= 4 is 40.2 Å². The van der Waals surface area contributed by atoms with E-state index in [0.29, 0.717) is 6.61 Å². The van der Waals surface area contributed by atoms with Crippen LogP contribution < -0.4 is 0 Å². The summed E-state index contributed by atoms with van der Waals surface area (Å²) in [6, 6.07) is 0.800. The third-order valence-electron chi connectivity index (χ3n) is 3.51. The van der Waals surface area contributed by atoms with E-state index in [1.807, 2.05) is 0 Å². The third kappa shape index (κ3) is 16.3. The molecule has 0 aromatic rings. The molecule has 11 heteroatoms. The fraction of sp³-hybridized carbons (Fsp3) is 0.833. The number of carbonyl (C=O) groups is 1. The Kier molecular flexibility index (Phi) is 13.3. The molecule has 0 amide bonds. The van der Waals surface area contributed by atoms with Gasteiger partial charge in [-0.25, -0.2) is 4.79 Å². The monoisotopic (exact) mass is 481 g/mol. The van der Waals surface area contributed by atoms with E-state index in [2.05, 4.69) is 59.0 Å². The summed E-state index contributed by atoms with van der Waals surface area (Å²) in [4.78, 5) is 11.0. The highest BCUT2D eigenvalue weighted by atomic mass is 28.5. The number of aliphatic hydroxyl groups is 1. The topological polar surface area (TPSA) is 83.5 Å². The molecule has 0 aromatic heterocycles. The Morgan fingerprint density at radius 1 is 1.10 bits per heavy atom. The molecule has 0 rings (SSSR count). The Bertz CT molecular complexity index is 497. The maximum Gasteiger partial charge on any atom is 0.330 e. The molecule has 29 heavy (non-hydrogen) atoms. The van der Waals surface area contributed by atoms with Crippen LogP contribution in [0.25, 0.3) is 0 Å². The Labute approximate surface area is 182 Å². The van der Waals surface area contributed by atoms with Crippen molar-refractivity contribution in [3.8, 4) is 0 Å². The zero-order chi connectivity index (χ0) is 22.7. The number of esters is 1. The lowest BCUT2D eigenvalue weighted by atomic mass is 10.4. The van der Waals surface area contributed by atoms with Gasteiger partial charge in [-0.05, 0) is 51.7 Å². The molecule has 1 radical (unpaired) electrons. The number of hydrogen-bond donors (Lipinski definition) is 1. The SMILES string of the molecule is C=CC(=O)OCC(O)COCCC[Si](C)(O[Si](C)(C)C)O[Si](C)(C)OC[Si](C)C. The molecule has 0 fully saturated rings. The van der Waals surface area contributed by atoms with E-state index < -0.39 is 46.3 Å². The summed E-state index contributed by atoms with van der Waals surface area (Å²) in [7, 11) is -6.93. The van der Waals surface area contributed by atoms with Crippen LogP contribution in [0.4, 0.5) is 0 Å². The van der Waals surface area contributed by atoms with Crippen LogP contribution in [0.1, 0.15) is 6.42 Å². The van der Waals surface area contributed by atoms with Crippen LogP contribution >= 0.6 is 0 Å². The highest BCUT2D eigenvalue weighted by Crippen LogP contribution is 2.26. The van der Waals surface area contributed by atoms with Crippen molar-refractivity contribution in [3.05, 3.63) is 12.7 Å². The van der Waals surface area contributed by atoms with Crippen molar-refractivity contribution in [2.75, 3.05) is 26.1 Å². The first-order valence-corrected chi connectivity index (χ1v) is 21.5. The van der Waals surface area contributed by atoms with E-state index in [-0.39, 0.29) is 13.2 Å². The van der Waals surface area contributed by atoms with E-state index in [9.17, 15) is 9.90 Å². The zero-order valence-corrected chi connectivity index (χ0v) is 23.5. The summed E-state index contributed by atoms with van der Waals surface area (Å²) < 4.78 is 29.6. The molecule has 0 heterocycles. The lowest BCUT2D eigenvalue weighted by molar-refractivity contribution is -0.141. The molecule has 0 aliphatic heterocycles. The van der Waals surface area contributed by atoms with Gasteiger partial charge >= 0.3 is 23.1 Å². The Balaban J connectivity index is 4.56. The first-order valence-electron chi connectivity index (χ1n) is 10.1. The summed E-state index contributed by atoms with van der Waals surface area (Å²) in [5.41, 5.74) is 0. The van der Waals surface area contributed by atoms with Gasteiger partial charge in [0.2, 0.25) is 0 Å². The lowest BCUT2D eigenvalue weighted by Crippen LogP contribution is -2.55. The summed E-state index contributed by atoms with van der Waals surface area (Å²) in [5, 5.41) is 9.78. The maximum atomic E-state index is 11.0. The van der Waals surface area contributed by atoms with E-state index in [4.69, 9.17) is 22.1 Å². The van der Waals surface area contributed by atoms with Gasteiger partial charge in [0.15, 0.2) is 8.32 Å². The molecule has 1 N–H and O–H groups in total.